The lowest BCUT2D eigenvalue weighted by atomic mass is 9.97. The maximum absolute atomic E-state index is 12.4. The summed E-state index contributed by atoms with van der Waals surface area (Å²) in [4.78, 5) is 16.5. The summed E-state index contributed by atoms with van der Waals surface area (Å²) in [5.41, 5.74) is 3.15. The molecule has 0 aliphatic heterocycles. The van der Waals surface area contributed by atoms with Crippen molar-refractivity contribution in [3.05, 3.63) is 52.6 Å². The highest BCUT2D eigenvalue weighted by Gasteiger charge is 2.16. The minimum absolute atomic E-state index is 0.00352. The molecule has 3 rings (SSSR count). The Labute approximate surface area is 176 Å². The number of amides is 1. The molecule has 0 atom stereocenters. The van der Waals surface area contributed by atoms with Crippen molar-refractivity contribution in [1.82, 2.24) is 10.3 Å². The average molecular weight is 434 g/mol. The molecule has 0 bridgehead atoms. The molecule has 0 spiro atoms. The number of thiazole rings is 1. The molecule has 1 aromatic heterocycles. The molecule has 2 aromatic rings. The van der Waals surface area contributed by atoms with Crippen molar-refractivity contribution < 1.29 is 13.2 Å². The molecule has 1 aromatic carbocycles. The number of nitrogens with one attached hydrogen (secondary N) is 2. The fraction of sp³-hybridized carbons (Fsp3) is 0.429. The van der Waals surface area contributed by atoms with E-state index in [0.29, 0.717) is 30.2 Å². The highest BCUT2D eigenvalue weighted by molar-refractivity contribution is 7.93. The normalized spacial score (nSPS) is 14.3. The SMILES string of the molecule is Cc1ccc(S(=O)(=O)Nc2nc(CCC(=O)NCCC3=CCCCC3)cs2)cc1. The van der Waals surface area contributed by atoms with Gasteiger partial charge >= 0.3 is 0 Å². The Bertz CT molecular complexity index is 963. The van der Waals surface area contributed by atoms with Gasteiger partial charge in [-0.1, -0.05) is 29.3 Å². The van der Waals surface area contributed by atoms with Crippen LogP contribution in [0.3, 0.4) is 0 Å². The Morgan fingerprint density at radius 2 is 1.97 bits per heavy atom. The van der Waals surface area contributed by atoms with Gasteiger partial charge in [-0.25, -0.2) is 13.4 Å². The van der Waals surface area contributed by atoms with E-state index in [1.54, 1.807) is 29.6 Å². The van der Waals surface area contributed by atoms with Gasteiger partial charge in [-0.3, -0.25) is 9.52 Å². The van der Waals surface area contributed by atoms with Crippen molar-refractivity contribution in [1.29, 1.82) is 0 Å². The third-order valence-corrected chi connectivity index (χ3v) is 7.16. The molecule has 1 heterocycles. The predicted molar refractivity (Wildman–Crippen MR) is 117 cm³/mol. The molecular formula is C21H27N3O3S2. The number of carbonyl (C=O) groups excluding carboxylic acids is 1. The first-order valence-corrected chi connectivity index (χ1v) is 12.3. The Hall–Kier alpha value is -2.19. The molecule has 0 radical (unpaired) electrons. The molecule has 0 saturated heterocycles. The van der Waals surface area contributed by atoms with Crippen molar-refractivity contribution in [2.24, 2.45) is 0 Å². The lowest BCUT2D eigenvalue weighted by Crippen LogP contribution is -2.25. The van der Waals surface area contributed by atoms with Crippen LogP contribution in [0.2, 0.25) is 0 Å². The molecule has 156 valence electrons. The number of aryl methyl sites for hydroxylation is 2. The van der Waals surface area contributed by atoms with Crippen molar-refractivity contribution in [3.8, 4) is 0 Å². The smallest absolute Gasteiger partial charge is 0.263 e. The minimum atomic E-state index is -3.66. The fourth-order valence-corrected chi connectivity index (χ4v) is 5.18. The number of nitrogens with zero attached hydrogens (tertiary/aromatic N) is 1. The Morgan fingerprint density at radius 1 is 1.17 bits per heavy atom. The number of anilines is 1. The number of sulfonamides is 1. The molecule has 0 unspecified atom stereocenters. The zero-order chi connectivity index (χ0) is 20.7. The van der Waals surface area contributed by atoms with E-state index in [9.17, 15) is 13.2 Å². The van der Waals surface area contributed by atoms with Gasteiger partial charge in [0, 0.05) is 18.3 Å². The monoisotopic (exact) mass is 433 g/mol. The first-order chi connectivity index (χ1) is 13.9. The number of aromatic nitrogens is 1. The summed E-state index contributed by atoms with van der Waals surface area (Å²) in [6.07, 6.45) is 8.87. The van der Waals surface area contributed by atoms with Crippen LogP contribution in [0.1, 0.15) is 49.8 Å². The Morgan fingerprint density at radius 3 is 2.69 bits per heavy atom. The lowest BCUT2D eigenvalue weighted by molar-refractivity contribution is -0.121. The summed E-state index contributed by atoms with van der Waals surface area (Å²) in [7, 11) is -3.66. The van der Waals surface area contributed by atoms with Crippen LogP contribution in [0.4, 0.5) is 5.13 Å². The third kappa shape index (κ3) is 6.68. The highest BCUT2D eigenvalue weighted by atomic mass is 32.2. The topological polar surface area (TPSA) is 88.2 Å². The van der Waals surface area contributed by atoms with Gasteiger partial charge in [-0.15, -0.1) is 11.3 Å². The van der Waals surface area contributed by atoms with E-state index >= 15 is 0 Å². The van der Waals surface area contributed by atoms with Crippen molar-refractivity contribution >= 4 is 32.4 Å². The molecule has 29 heavy (non-hydrogen) atoms. The van der Waals surface area contributed by atoms with E-state index in [0.717, 1.165) is 24.8 Å². The van der Waals surface area contributed by atoms with Gasteiger partial charge < -0.3 is 5.32 Å². The van der Waals surface area contributed by atoms with Crippen LogP contribution in [0.25, 0.3) is 0 Å². The maximum Gasteiger partial charge on any atom is 0.263 e. The average Bonchev–Trinajstić information content (AvgIpc) is 3.14. The molecule has 2 N–H and O–H groups in total. The van der Waals surface area contributed by atoms with Crippen LogP contribution in [0.15, 0.2) is 46.2 Å². The number of benzene rings is 1. The molecule has 1 aliphatic carbocycles. The second-order valence-corrected chi connectivity index (χ2v) is 9.81. The molecule has 8 heteroatoms. The molecule has 6 nitrogen and oxygen atoms in total. The minimum Gasteiger partial charge on any atom is -0.356 e. The molecular weight excluding hydrogens is 406 g/mol. The summed E-state index contributed by atoms with van der Waals surface area (Å²) in [6, 6.07) is 6.65. The quantitative estimate of drug-likeness (QED) is 0.580. The van der Waals surface area contributed by atoms with Crippen LogP contribution in [0.5, 0.6) is 0 Å². The van der Waals surface area contributed by atoms with Gasteiger partial charge in [0.05, 0.1) is 10.6 Å². The first-order valence-electron chi connectivity index (χ1n) is 9.91. The summed E-state index contributed by atoms with van der Waals surface area (Å²) >= 11 is 1.22. The van der Waals surface area contributed by atoms with Gasteiger partial charge in [0.15, 0.2) is 5.13 Å². The van der Waals surface area contributed by atoms with E-state index in [1.165, 1.54) is 29.8 Å². The summed E-state index contributed by atoms with van der Waals surface area (Å²) in [6.45, 7) is 2.57. The predicted octanol–water partition coefficient (Wildman–Crippen LogP) is 4.19. The largest absolute Gasteiger partial charge is 0.356 e. The second-order valence-electron chi connectivity index (χ2n) is 7.27. The number of allylic oxidation sites excluding steroid dienone is 1. The molecule has 1 amide bonds. The number of hydrogen-bond donors (Lipinski definition) is 2. The number of hydrogen-bond acceptors (Lipinski definition) is 5. The van der Waals surface area contributed by atoms with E-state index in [-0.39, 0.29) is 10.8 Å². The van der Waals surface area contributed by atoms with Crippen LogP contribution < -0.4 is 10.0 Å². The van der Waals surface area contributed by atoms with Crippen LogP contribution in [-0.2, 0) is 21.2 Å². The van der Waals surface area contributed by atoms with E-state index in [4.69, 9.17) is 0 Å². The first kappa shape index (κ1) is 21.5. The van der Waals surface area contributed by atoms with Gasteiger partial charge in [0.2, 0.25) is 5.91 Å². The molecule has 0 fully saturated rings. The van der Waals surface area contributed by atoms with Crippen molar-refractivity contribution in [2.45, 2.75) is 56.8 Å². The second kappa shape index (κ2) is 10.0. The Balaban J connectivity index is 1.44. The van der Waals surface area contributed by atoms with Gasteiger partial charge in [0.1, 0.15) is 0 Å². The van der Waals surface area contributed by atoms with Crippen LogP contribution in [-0.4, -0.2) is 25.9 Å². The van der Waals surface area contributed by atoms with Crippen molar-refractivity contribution in [2.75, 3.05) is 11.3 Å². The van der Waals surface area contributed by atoms with E-state index in [2.05, 4.69) is 21.1 Å². The van der Waals surface area contributed by atoms with Crippen LogP contribution >= 0.6 is 11.3 Å². The third-order valence-electron chi connectivity index (χ3n) is 4.87. The van der Waals surface area contributed by atoms with E-state index < -0.39 is 10.0 Å². The van der Waals surface area contributed by atoms with Crippen LogP contribution in [0, 0.1) is 6.92 Å². The fourth-order valence-electron chi connectivity index (χ4n) is 3.18. The summed E-state index contributed by atoms with van der Waals surface area (Å²) < 4.78 is 27.4. The standard InChI is InChI=1S/C21H27N3O3S2/c1-16-7-10-19(11-8-16)29(26,27)24-21-23-18(15-28-21)9-12-20(25)22-14-13-17-5-3-2-4-6-17/h5,7-8,10-11,15H,2-4,6,9,12-14H2,1H3,(H,22,25)(H,23,24). The Kier molecular flexibility index (Phi) is 7.44. The maximum atomic E-state index is 12.4. The number of rotatable bonds is 9. The number of carbonyl (C=O) groups is 1. The summed E-state index contributed by atoms with van der Waals surface area (Å²) in [5.74, 6) is -0.00352. The molecule has 1 aliphatic rings. The lowest BCUT2D eigenvalue weighted by Gasteiger charge is -2.12. The van der Waals surface area contributed by atoms with Gasteiger partial charge in [-0.2, -0.15) is 0 Å². The van der Waals surface area contributed by atoms with Gasteiger partial charge in [-0.05, 0) is 57.6 Å². The summed E-state index contributed by atoms with van der Waals surface area (Å²) in [5, 5.41) is 5.05. The van der Waals surface area contributed by atoms with Gasteiger partial charge in [0.25, 0.3) is 10.0 Å². The van der Waals surface area contributed by atoms with Crippen molar-refractivity contribution in [3.63, 3.8) is 0 Å². The zero-order valence-electron chi connectivity index (χ0n) is 16.6. The highest BCUT2D eigenvalue weighted by Crippen LogP contribution is 2.21. The molecule has 0 saturated carbocycles. The zero-order valence-corrected chi connectivity index (χ0v) is 18.2. The van der Waals surface area contributed by atoms with E-state index in [1.807, 2.05) is 6.92 Å².